The van der Waals surface area contributed by atoms with Gasteiger partial charge in [-0.15, -0.1) is 0 Å². The Morgan fingerprint density at radius 1 is 1.25 bits per heavy atom. The van der Waals surface area contributed by atoms with Crippen molar-refractivity contribution in [3.05, 3.63) is 0 Å². The summed E-state index contributed by atoms with van der Waals surface area (Å²) in [6.07, 6.45) is -4.03. The van der Waals surface area contributed by atoms with Crippen molar-refractivity contribution in [2.75, 3.05) is 0 Å². The Morgan fingerprint density at radius 2 is 1.83 bits per heavy atom. The van der Waals surface area contributed by atoms with Crippen LogP contribution in [-0.2, 0) is 14.3 Å². The largest absolute Gasteiger partial charge is 0.479 e. The van der Waals surface area contributed by atoms with Gasteiger partial charge in [-0.3, -0.25) is 0 Å². The summed E-state index contributed by atoms with van der Waals surface area (Å²) in [4.78, 5) is 20.6. The van der Waals surface area contributed by atoms with Crippen LogP contribution in [0.15, 0.2) is 0 Å². The lowest BCUT2D eigenvalue weighted by Gasteiger charge is -2.06. The number of carboxylic acids is 2. The molecule has 1 saturated heterocycles. The van der Waals surface area contributed by atoms with E-state index in [0.717, 1.165) is 0 Å². The molecule has 3 N–H and O–H groups in total. The zero-order valence-corrected chi connectivity index (χ0v) is 6.01. The van der Waals surface area contributed by atoms with E-state index in [1.807, 2.05) is 0 Å². The molecule has 6 nitrogen and oxygen atoms in total. The van der Waals surface area contributed by atoms with Gasteiger partial charge in [0.15, 0.2) is 12.2 Å². The predicted octanol–water partition coefficient (Wildman–Crippen LogP) is -1.33. The molecule has 0 aliphatic carbocycles. The third kappa shape index (κ3) is 1.54. The SMILES string of the molecule is O=C(O)C1CC(O)C(C(=O)O)O1. The van der Waals surface area contributed by atoms with E-state index in [0.29, 0.717) is 0 Å². The number of aliphatic hydroxyl groups excluding tert-OH is 1. The first-order chi connectivity index (χ1) is 5.52. The molecule has 1 aliphatic rings. The van der Waals surface area contributed by atoms with E-state index in [1.165, 1.54) is 0 Å². The van der Waals surface area contributed by atoms with Crippen molar-refractivity contribution in [1.29, 1.82) is 0 Å². The maximum absolute atomic E-state index is 10.3. The number of ether oxygens (including phenoxy) is 1. The second kappa shape index (κ2) is 3.08. The lowest BCUT2D eigenvalue weighted by atomic mass is 10.1. The van der Waals surface area contributed by atoms with Gasteiger partial charge >= 0.3 is 11.9 Å². The van der Waals surface area contributed by atoms with Gasteiger partial charge in [0.25, 0.3) is 0 Å². The highest BCUT2D eigenvalue weighted by molar-refractivity contribution is 5.77. The number of aliphatic carboxylic acids is 2. The van der Waals surface area contributed by atoms with Gasteiger partial charge in [-0.2, -0.15) is 0 Å². The maximum atomic E-state index is 10.3. The Kier molecular flexibility index (Phi) is 2.30. The maximum Gasteiger partial charge on any atom is 0.335 e. The van der Waals surface area contributed by atoms with E-state index < -0.39 is 30.3 Å². The Balaban J connectivity index is 2.62. The van der Waals surface area contributed by atoms with Crippen LogP contribution in [0.2, 0.25) is 0 Å². The molecule has 0 spiro atoms. The minimum Gasteiger partial charge on any atom is -0.479 e. The molecule has 12 heavy (non-hydrogen) atoms. The summed E-state index contributed by atoms with van der Waals surface area (Å²) in [5, 5.41) is 25.8. The fourth-order valence-corrected chi connectivity index (χ4v) is 1.05. The molecule has 1 heterocycles. The van der Waals surface area contributed by atoms with Crippen LogP contribution in [0, 0.1) is 0 Å². The highest BCUT2D eigenvalue weighted by Crippen LogP contribution is 2.20. The van der Waals surface area contributed by atoms with Crippen molar-refractivity contribution in [1.82, 2.24) is 0 Å². The predicted molar refractivity (Wildman–Crippen MR) is 34.6 cm³/mol. The van der Waals surface area contributed by atoms with Crippen molar-refractivity contribution in [3.63, 3.8) is 0 Å². The Morgan fingerprint density at radius 3 is 2.08 bits per heavy atom. The van der Waals surface area contributed by atoms with Gasteiger partial charge < -0.3 is 20.1 Å². The number of rotatable bonds is 2. The van der Waals surface area contributed by atoms with Crippen LogP contribution < -0.4 is 0 Å². The summed E-state index contributed by atoms with van der Waals surface area (Å²) in [6, 6.07) is 0. The molecule has 1 rings (SSSR count). The molecule has 3 atom stereocenters. The first-order valence-corrected chi connectivity index (χ1v) is 3.31. The molecule has 0 aromatic heterocycles. The van der Waals surface area contributed by atoms with Crippen molar-refractivity contribution < 1.29 is 29.6 Å². The van der Waals surface area contributed by atoms with Crippen LogP contribution in [-0.4, -0.2) is 45.6 Å². The second-order valence-electron chi connectivity index (χ2n) is 2.52. The number of carbonyl (C=O) groups is 2. The van der Waals surface area contributed by atoms with Gasteiger partial charge in [-0.1, -0.05) is 0 Å². The highest BCUT2D eigenvalue weighted by atomic mass is 16.6. The molecule has 6 heteroatoms. The average Bonchev–Trinajstić information content (AvgIpc) is 2.30. The number of carboxylic acid groups (broad SMARTS) is 2. The molecule has 68 valence electrons. The summed E-state index contributed by atoms with van der Waals surface area (Å²) < 4.78 is 4.55. The Hall–Kier alpha value is -1.14. The minimum atomic E-state index is -1.41. The summed E-state index contributed by atoms with van der Waals surface area (Å²) >= 11 is 0. The van der Waals surface area contributed by atoms with E-state index >= 15 is 0 Å². The van der Waals surface area contributed by atoms with Crippen LogP contribution in [0.25, 0.3) is 0 Å². The molecule has 0 saturated carbocycles. The molecule has 0 bridgehead atoms. The zero-order valence-electron chi connectivity index (χ0n) is 6.01. The van der Waals surface area contributed by atoms with Gasteiger partial charge in [0.05, 0.1) is 6.10 Å². The molecular weight excluding hydrogens is 168 g/mol. The van der Waals surface area contributed by atoms with Crippen molar-refractivity contribution in [3.8, 4) is 0 Å². The van der Waals surface area contributed by atoms with E-state index in [4.69, 9.17) is 15.3 Å². The van der Waals surface area contributed by atoms with Crippen LogP contribution in [0.1, 0.15) is 6.42 Å². The summed E-state index contributed by atoms with van der Waals surface area (Å²) in [7, 11) is 0. The first-order valence-electron chi connectivity index (χ1n) is 3.31. The van der Waals surface area contributed by atoms with Gasteiger partial charge in [0, 0.05) is 6.42 Å². The fraction of sp³-hybridized carbons (Fsp3) is 0.667. The van der Waals surface area contributed by atoms with Gasteiger partial charge in [0.2, 0.25) is 0 Å². The van der Waals surface area contributed by atoms with Gasteiger partial charge in [-0.25, -0.2) is 9.59 Å². The second-order valence-corrected chi connectivity index (χ2v) is 2.52. The van der Waals surface area contributed by atoms with Gasteiger partial charge in [-0.05, 0) is 0 Å². The van der Waals surface area contributed by atoms with Crippen LogP contribution in [0.4, 0.5) is 0 Å². The molecule has 0 aromatic carbocycles. The lowest BCUT2D eigenvalue weighted by molar-refractivity contribution is -0.159. The van der Waals surface area contributed by atoms with E-state index in [9.17, 15) is 9.59 Å². The third-order valence-corrected chi connectivity index (χ3v) is 1.63. The molecule has 0 amide bonds. The normalized spacial score (nSPS) is 34.9. The Bertz CT molecular complexity index is 212. The zero-order chi connectivity index (χ0) is 9.30. The highest BCUT2D eigenvalue weighted by Gasteiger charge is 2.41. The monoisotopic (exact) mass is 176 g/mol. The topological polar surface area (TPSA) is 104 Å². The van der Waals surface area contributed by atoms with E-state index in [-0.39, 0.29) is 6.42 Å². The molecular formula is C6H8O6. The first kappa shape index (κ1) is 8.95. The Labute approximate surface area is 67.4 Å². The molecule has 1 fully saturated rings. The van der Waals surface area contributed by atoms with Crippen molar-refractivity contribution in [2.24, 2.45) is 0 Å². The molecule has 0 radical (unpaired) electrons. The van der Waals surface area contributed by atoms with E-state index in [1.54, 1.807) is 0 Å². The number of hydrogen-bond donors (Lipinski definition) is 3. The van der Waals surface area contributed by atoms with Crippen molar-refractivity contribution >= 4 is 11.9 Å². The molecule has 3 unspecified atom stereocenters. The average molecular weight is 176 g/mol. The summed E-state index contributed by atoms with van der Waals surface area (Å²) in [5.41, 5.74) is 0. The molecule has 1 aliphatic heterocycles. The van der Waals surface area contributed by atoms with Gasteiger partial charge in [0.1, 0.15) is 0 Å². The number of hydrogen-bond acceptors (Lipinski definition) is 4. The van der Waals surface area contributed by atoms with Crippen LogP contribution in [0.3, 0.4) is 0 Å². The minimum absolute atomic E-state index is 0.174. The van der Waals surface area contributed by atoms with Crippen LogP contribution >= 0.6 is 0 Å². The fourth-order valence-electron chi connectivity index (χ4n) is 1.05. The molecule has 0 aromatic rings. The standard InChI is InChI=1S/C6H8O6/c7-2-1-3(5(8)9)12-4(2)6(10)11/h2-4,7H,1H2,(H,8,9)(H,10,11). The van der Waals surface area contributed by atoms with Crippen LogP contribution in [0.5, 0.6) is 0 Å². The summed E-state index contributed by atoms with van der Waals surface area (Å²) in [6.45, 7) is 0. The smallest absolute Gasteiger partial charge is 0.335 e. The van der Waals surface area contributed by atoms with E-state index in [2.05, 4.69) is 4.74 Å². The lowest BCUT2D eigenvalue weighted by Crippen LogP contribution is -2.30. The van der Waals surface area contributed by atoms with Crippen molar-refractivity contribution in [2.45, 2.75) is 24.7 Å². The quantitative estimate of drug-likeness (QED) is 0.481. The summed E-state index contributed by atoms with van der Waals surface area (Å²) in [5.74, 6) is -2.59. The number of aliphatic hydroxyl groups is 1. The third-order valence-electron chi connectivity index (χ3n) is 1.63.